The van der Waals surface area contributed by atoms with Crippen LogP contribution < -0.4 is 0 Å². The molecular formula is C24H21F6N3O4S. The molecule has 3 aromatic rings. The molecule has 0 aliphatic heterocycles. The van der Waals surface area contributed by atoms with Gasteiger partial charge in [0.15, 0.2) is 0 Å². The summed E-state index contributed by atoms with van der Waals surface area (Å²) in [4.78, 5) is 24.1. The van der Waals surface area contributed by atoms with E-state index in [1.165, 1.54) is 56.4 Å². The summed E-state index contributed by atoms with van der Waals surface area (Å²) in [7, 11) is 0. The second-order valence-electron chi connectivity index (χ2n) is 8.68. The fourth-order valence-electron chi connectivity index (χ4n) is 3.10. The van der Waals surface area contributed by atoms with Crippen molar-refractivity contribution >= 4 is 23.7 Å². The first-order valence-corrected chi connectivity index (χ1v) is 11.7. The molecule has 0 aliphatic rings. The van der Waals surface area contributed by atoms with Crippen molar-refractivity contribution in [3.8, 4) is 0 Å². The predicted octanol–water partition coefficient (Wildman–Crippen LogP) is 5.63. The number of halogens is 6. The van der Waals surface area contributed by atoms with E-state index in [-0.39, 0.29) is 17.8 Å². The number of esters is 1. The van der Waals surface area contributed by atoms with Gasteiger partial charge in [-0.15, -0.1) is 16.9 Å². The molecular weight excluding hydrogens is 540 g/mol. The molecule has 1 heterocycles. The number of carbonyl (C=O) groups is 2. The van der Waals surface area contributed by atoms with E-state index in [9.17, 15) is 41.0 Å². The zero-order valence-electron chi connectivity index (χ0n) is 19.9. The number of benzene rings is 2. The summed E-state index contributed by atoms with van der Waals surface area (Å²) in [5, 5.41) is 16.6. The van der Waals surface area contributed by atoms with Gasteiger partial charge in [0.25, 0.3) is 0 Å². The molecule has 204 valence electrons. The molecule has 2 aromatic carbocycles. The highest BCUT2D eigenvalue weighted by Gasteiger charge is 2.43. The highest BCUT2D eigenvalue weighted by atomic mass is 32.2. The van der Waals surface area contributed by atoms with Gasteiger partial charge in [0.1, 0.15) is 4.75 Å². The topological polar surface area (TPSA) is 94.3 Å². The maximum atomic E-state index is 13.6. The Morgan fingerprint density at radius 3 is 2.13 bits per heavy atom. The number of alkyl halides is 6. The van der Waals surface area contributed by atoms with Crippen molar-refractivity contribution in [1.82, 2.24) is 15.0 Å². The molecule has 0 radical (unpaired) electrons. The molecule has 14 heteroatoms. The summed E-state index contributed by atoms with van der Waals surface area (Å²) in [6.07, 6.45) is -11.6. The Morgan fingerprint density at radius 1 is 1.00 bits per heavy atom. The van der Waals surface area contributed by atoms with Crippen LogP contribution in [0.4, 0.5) is 26.3 Å². The molecule has 38 heavy (non-hydrogen) atoms. The minimum Gasteiger partial charge on any atom is -0.480 e. The highest BCUT2D eigenvalue weighted by Crippen LogP contribution is 2.33. The Hall–Kier alpha value is -3.55. The van der Waals surface area contributed by atoms with Crippen molar-refractivity contribution in [2.75, 3.05) is 0 Å². The first-order valence-electron chi connectivity index (χ1n) is 10.9. The molecule has 1 aromatic heterocycles. The first kappa shape index (κ1) is 29.0. The lowest BCUT2D eigenvalue weighted by Gasteiger charge is -2.20. The maximum Gasteiger partial charge on any atom is 0.425 e. The molecule has 0 bridgehead atoms. The molecule has 0 fully saturated rings. The van der Waals surface area contributed by atoms with Crippen LogP contribution >= 0.6 is 11.8 Å². The molecule has 7 nitrogen and oxygen atoms in total. The van der Waals surface area contributed by atoms with E-state index in [1.807, 2.05) is 0 Å². The normalized spacial score (nSPS) is 13.3. The van der Waals surface area contributed by atoms with Crippen molar-refractivity contribution < 1.29 is 45.8 Å². The minimum atomic E-state index is -4.92. The van der Waals surface area contributed by atoms with Crippen LogP contribution in [0.25, 0.3) is 0 Å². The van der Waals surface area contributed by atoms with Crippen LogP contribution in [0.1, 0.15) is 41.0 Å². The van der Waals surface area contributed by atoms with Crippen LogP contribution in [0, 0.1) is 0 Å². The molecule has 0 spiro atoms. The van der Waals surface area contributed by atoms with Crippen molar-refractivity contribution in [3.63, 3.8) is 0 Å². The second kappa shape index (κ2) is 11.1. The number of ether oxygens (including phenoxy) is 1. The monoisotopic (exact) mass is 561 g/mol. The summed E-state index contributed by atoms with van der Waals surface area (Å²) < 4.78 is 83.6. The van der Waals surface area contributed by atoms with E-state index < -0.39 is 47.1 Å². The van der Waals surface area contributed by atoms with Gasteiger partial charge in [-0.3, -0.25) is 4.79 Å². The minimum absolute atomic E-state index is 0.0370. The number of hydrogen-bond donors (Lipinski definition) is 1. The van der Waals surface area contributed by atoms with Gasteiger partial charge in [0.05, 0.1) is 23.4 Å². The second-order valence-corrected chi connectivity index (χ2v) is 10.4. The number of nitrogens with zero attached hydrogens (tertiary/aromatic N) is 3. The summed E-state index contributed by atoms with van der Waals surface area (Å²) in [5.41, 5.74) is -0.730. The number of thioether (sulfide) groups is 1. The lowest BCUT2D eigenvalue weighted by Crippen LogP contribution is -2.36. The van der Waals surface area contributed by atoms with Crippen molar-refractivity contribution in [1.29, 1.82) is 0 Å². The van der Waals surface area contributed by atoms with Crippen LogP contribution in [0.3, 0.4) is 0 Å². The van der Waals surface area contributed by atoms with E-state index in [0.29, 0.717) is 10.5 Å². The van der Waals surface area contributed by atoms with Crippen molar-refractivity contribution in [2.45, 2.75) is 54.9 Å². The summed E-state index contributed by atoms with van der Waals surface area (Å²) in [6, 6.07) is 9.47. The third-order valence-corrected chi connectivity index (χ3v) is 6.39. The summed E-state index contributed by atoms with van der Waals surface area (Å²) in [5.74, 6) is -2.30. The Labute approximate surface area is 216 Å². The van der Waals surface area contributed by atoms with Crippen LogP contribution in [0.5, 0.6) is 0 Å². The Morgan fingerprint density at radius 2 is 1.61 bits per heavy atom. The average Bonchev–Trinajstić information content (AvgIpc) is 3.24. The Balaban J connectivity index is 1.66. The Kier molecular flexibility index (Phi) is 8.44. The van der Waals surface area contributed by atoms with E-state index >= 15 is 0 Å². The van der Waals surface area contributed by atoms with Crippen molar-refractivity contribution in [3.05, 3.63) is 77.1 Å². The van der Waals surface area contributed by atoms with Crippen LogP contribution in [0.15, 0.2) is 59.6 Å². The number of carbonyl (C=O) groups excluding carboxylic acids is 1. The smallest absolute Gasteiger partial charge is 0.425 e. The molecule has 0 aliphatic carbocycles. The van der Waals surface area contributed by atoms with Gasteiger partial charge < -0.3 is 9.84 Å². The van der Waals surface area contributed by atoms with Crippen LogP contribution in [-0.2, 0) is 28.7 Å². The average molecular weight is 562 g/mol. The molecule has 0 unspecified atom stereocenters. The largest absolute Gasteiger partial charge is 0.480 e. The summed E-state index contributed by atoms with van der Waals surface area (Å²) in [6.45, 7) is 2.93. The van der Waals surface area contributed by atoms with Gasteiger partial charge in [-0.2, -0.15) is 26.3 Å². The number of aromatic nitrogens is 3. The fraction of sp³-hybridized carbons (Fsp3) is 0.333. The first-order chi connectivity index (χ1) is 17.5. The number of hydrogen-bond acceptors (Lipinski definition) is 6. The van der Waals surface area contributed by atoms with Gasteiger partial charge in [-0.05, 0) is 55.8 Å². The van der Waals surface area contributed by atoms with E-state index in [1.54, 1.807) is 0 Å². The standard InChI is InChI=1S/C24H21F6N3O4S/c1-22(2,21(35)36)38-18-9-5-15(6-10-18)20(34)37-19(24(28,29)30)11-17-13-33(32-31-17)12-14-3-7-16(8-4-14)23(25,26)27/h3-10,13,19H,11-12H2,1-2H3,(H,35,36)/t19-/m1/s1. The third kappa shape index (κ3) is 7.73. The fourth-order valence-corrected chi connectivity index (χ4v) is 4.05. The zero-order chi connectivity index (χ0) is 28.3. The summed E-state index contributed by atoms with van der Waals surface area (Å²) >= 11 is 1.000. The molecule has 1 atom stereocenters. The van der Waals surface area contributed by atoms with Crippen LogP contribution in [-0.4, -0.2) is 49.1 Å². The molecule has 0 saturated carbocycles. The predicted molar refractivity (Wildman–Crippen MR) is 124 cm³/mol. The van der Waals surface area contributed by atoms with E-state index in [0.717, 1.165) is 28.6 Å². The quantitative estimate of drug-likeness (QED) is 0.206. The number of aliphatic carboxylic acids is 1. The maximum absolute atomic E-state index is 13.6. The lowest BCUT2D eigenvalue weighted by molar-refractivity contribution is -0.204. The van der Waals surface area contributed by atoms with Crippen LogP contribution in [0.2, 0.25) is 0 Å². The number of carboxylic acid groups (broad SMARTS) is 1. The molecule has 1 N–H and O–H groups in total. The van der Waals surface area contributed by atoms with Gasteiger partial charge in [-0.1, -0.05) is 17.3 Å². The van der Waals surface area contributed by atoms with Gasteiger partial charge >= 0.3 is 24.3 Å². The number of carboxylic acids is 1. The number of rotatable bonds is 9. The lowest BCUT2D eigenvalue weighted by atomic mass is 10.1. The Bertz CT molecular complexity index is 1270. The van der Waals surface area contributed by atoms with Gasteiger partial charge in [0, 0.05) is 17.5 Å². The van der Waals surface area contributed by atoms with Gasteiger partial charge in [0.2, 0.25) is 6.10 Å². The molecule has 3 rings (SSSR count). The SMILES string of the molecule is CC(C)(Sc1ccc(C(=O)O[C@H](Cc2cn(Cc3ccc(C(F)(F)F)cc3)nn2)C(F)(F)F)cc1)C(=O)O. The van der Waals surface area contributed by atoms with E-state index in [2.05, 4.69) is 10.3 Å². The van der Waals surface area contributed by atoms with Crippen molar-refractivity contribution in [2.24, 2.45) is 0 Å². The van der Waals surface area contributed by atoms with E-state index in [4.69, 9.17) is 4.74 Å². The van der Waals surface area contributed by atoms with Gasteiger partial charge in [-0.25, -0.2) is 9.48 Å². The highest BCUT2D eigenvalue weighted by molar-refractivity contribution is 8.01. The molecule has 0 amide bonds. The third-order valence-electron chi connectivity index (χ3n) is 5.20. The molecule has 0 saturated heterocycles. The zero-order valence-corrected chi connectivity index (χ0v) is 20.7.